The molecule has 0 bridgehead atoms. The number of hydrogen-bond donors (Lipinski definition) is 0. The Labute approximate surface area is 114 Å². The van der Waals surface area contributed by atoms with Crippen LogP contribution in [0.2, 0.25) is 0 Å². The van der Waals surface area contributed by atoms with Crippen molar-refractivity contribution in [3.05, 3.63) is 0 Å². The van der Waals surface area contributed by atoms with Gasteiger partial charge in [0.05, 0.1) is 0 Å². The molecule has 134 valence electrons. The Hall–Kier alpha value is -0.910. The molecule has 0 aliphatic rings. The van der Waals surface area contributed by atoms with Gasteiger partial charge in [0.2, 0.25) is 0 Å². The topological polar surface area (TPSA) is 0 Å². The lowest BCUT2D eigenvalue weighted by Crippen LogP contribution is -2.70. The molecule has 0 radical (unpaired) electrons. The number of rotatable bonds is 7. The molecule has 0 aliphatic heterocycles. The van der Waals surface area contributed by atoms with E-state index in [9.17, 15) is 57.1 Å². The highest BCUT2D eigenvalue weighted by Crippen LogP contribution is 2.59. The van der Waals surface area contributed by atoms with Gasteiger partial charge in [-0.3, -0.25) is 0 Å². The van der Waals surface area contributed by atoms with E-state index in [-0.39, 0.29) is 0 Å². The molecule has 0 rings (SSSR count). The van der Waals surface area contributed by atoms with Gasteiger partial charge in [-0.05, 0) is 6.42 Å². The van der Waals surface area contributed by atoms with Crippen LogP contribution >= 0.6 is 0 Å². The van der Waals surface area contributed by atoms with Crippen LogP contribution in [0.25, 0.3) is 0 Å². The second kappa shape index (κ2) is 5.62. The molecule has 0 heterocycles. The summed E-state index contributed by atoms with van der Waals surface area (Å²) in [5, 5.41) is 0. The zero-order valence-electron chi connectivity index (χ0n) is 10.3. The molecule has 1 atom stereocenters. The summed E-state index contributed by atoms with van der Waals surface area (Å²) in [6.07, 6.45) is -11.2. The smallest absolute Gasteiger partial charge is 0.241 e. The second-order valence-corrected chi connectivity index (χ2v) is 4.15. The van der Waals surface area contributed by atoms with Crippen LogP contribution in [0.3, 0.4) is 0 Å². The Morgan fingerprint density at radius 1 is 0.591 bits per heavy atom. The summed E-state index contributed by atoms with van der Waals surface area (Å²) in [5.41, 5.74) is 0. The average Bonchev–Trinajstić information content (AvgIpc) is 2.36. The molecule has 0 saturated carbocycles. The normalized spacial score (nSPS) is 17.0. The van der Waals surface area contributed by atoms with Gasteiger partial charge in [-0.1, -0.05) is 6.92 Å². The van der Waals surface area contributed by atoms with Crippen molar-refractivity contribution >= 4 is 0 Å². The zero-order valence-corrected chi connectivity index (χ0v) is 10.3. The fourth-order valence-electron chi connectivity index (χ4n) is 1.21. The van der Waals surface area contributed by atoms with Crippen LogP contribution in [-0.2, 0) is 0 Å². The van der Waals surface area contributed by atoms with Crippen LogP contribution < -0.4 is 0 Å². The number of halogens is 13. The maximum atomic E-state index is 12.9. The first kappa shape index (κ1) is 21.1. The SMILES string of the molecule is CCC(F)C(F)(F)C(F)(F)C(F)(F)C(F)(F)C(F)(F)C(F)F. The Kier molecular flexibility index (Phi) is 5.39. The van der Waals surface area contributed by atoms with Crippen molar-refractivity contribution in [2.24, 2.45) is 0 Å². The number of alkyl halides is 13. The first-order chi connectivity index (χ1) is 9.42. The lowest BCUT2D eigenvalue weighted by atomic mass is 9.92. The third-order valence-electron chi connectivity index (χ3n) is 2.65. The van der Waals surface area contributed by atoms with E-state index in [4.69, 9.17) is 0 Å². The molecule has 0 aromatic rings. The average molecular weight is 362 g/mol. The van der Waals surface area contributed by atoms with E-state index in [1.54, 1.807) is 0 Å². The van der Waals surface area contributed by atoms with Crippen molar-refractivity contribution in [3.8, 4) is 0 Å². The first-order valence-corrected chi connectivity index (χ1v) is 5.24. The quantitative estimate of drug-likeness (QED) is 0.548. The van der Waals surface area contributed by atoms with Crippen LogP contribution in [0.5, 0.6) is 0 Å². The minimum atomic E-state index is -7.66. The molecule has 0 nitrogen and oxygen atoms in total. The zero-order chi connectivity index (χ0) is 18.4. The van der Waals surface area contributed by atoms with Gasteiger partial charge in [0, 0.05) is 0 Å². The summed E-state index contributed by atoms with van der Waals surface area (Å²) in [6, 6.07) is 0. The molecule has 0 aromatic heterocycles. The monoisotopic (exact) mass is 362 g/mol. The highest BCUT2D eigenvalue weighted by Gasteiger charge is 2.88. The fourth-order valence-corrected chi connectivity index (χ4v) is 1.21. The summed E-state index contributed by atoms with van der Waals surface area (Å²) < 4.78 is 163. The van der Waals surface area contributed by atoms with Crippen LogP contribution in [0.15, 0.2) is 0 Å². The summed E-state index contributed by atoms with van der Waals surface area (Å²) in [4.78, 5) is 0. The van der Waals surface area contributed by atoms with Crippen LogP contribution in [0, 0.1) is 0 Å². The summed E-state index contributed by atoms with van der Waals surface area (Å²) >= 11 is 0. The Balaban J connectivity index is 6.11. The maximum Gasteiger partial charge on any atom is 0.384 e. The van der Waals surface area contributed by atoms with Crippen molar-refractivity contribution in [3.63, 3.8) is 0 Å². The minimum Gasteiger partial charge on any atom is -0.241 e. The fraction of sp³-hybridized carbons (Fsp3) is 1.00. The van der Waals surface area contributed by atoms with Crippen molar-refractivity contribution in [1.82, 2.24) is 0 Å². The van der Waals surface area contributed by atoms with Gasteiger partial charge in [0.15, 0.2) is 6.17 Å². The van der Waals surface area contributed by atoms with E-state index < -0.39 is 48.6 Å². The van der Waals surface area contributed by atoms with Gasteiger partial charge < -0.3 is 0 Å². The summed E-state index contributed by atoms with van der Waals surface area (Å²) in [5.74, 6) is -36.2. The second-order valence-electron chi connectivity index (χ2n) is 4.15. The maximum absolute atomic E-state index is 12.9. The summed E-state index contributed by atoms with van der Waals surface area (Å²) in [7, 11) is 0. The first-order valence-electron chi connectivity index (χ1n) is 5.24. The van der Waals surface area contributed by atoms with Crippen molar-refractivity contribution in [2.75, 3.05) is 0 Å². The van der Waals surface area contributed by atoms with Crippen LogP contribution in [-0.4, -0.2) is 42.2 Å². The summed E-state index contributed by atoms with van der Waals surface area (Å²) in [6.45, 7) is 0.443. The van der Waals surface area contributed by atoms with Gasteiger partial charge in [0.25, 0.3) is 0 Å². The Bertz CT molecular complexity index is 385. The highest BCUT2D eigenvalue weighted by atomic mass is 19.4. The predicted octanol–water partition coefficient (Wildman–Crippen LogP) is 5.18. The molecular formula is C9H7F13. The van der Waals surface area contributed by atoms with Crippen LogP contribution in [0.4, 0.5) is 57.1 Å². The third-order valence-corrected chi connectivity index (χ3v) is 2.65. The lowest BCUT2D eigenvalue weighted by Gasteiger charge is -2.39. The van der Waals surface area contributed by atoms with Crippen molar-refractivity contribution in [1.29, 1.82) is 0 Å². The van der Waals surface area contributed by atoms with Gasteiger partial charge in [-0.15, -0.1) is 0 Å². The van der Waals surface area contributed by atoms with Gasteiger partial charge >= 0.3 is 36.0 Å². The molecule has 0 saturated heterocycles. The highest BCUT2D eigenvalue weighted by molar-refractivity contribution is 5.10. The van der Waals surface area contributed by atoms with Crippen LogP contribution in [0.1, 0.15) is 13.3 Å². The third kappa shape index (κ3) is 2.59. The van der Waals surface area contributed by atoms with Gasteiger partial charge in [-0.2, -0.15) is 43.9 Å². The van der Waals surface area contributed by atoms with E-state index in [2.05, 4.69) is 0 Å². The largest absolute Gasteiger partial charge is 0.384 e. The molecule has 0 spiro atoms. The van der Waals surface area contributed by atoms with E-state index in [1.807, 2.05) is 0 Å². The molecule has 0 fully saturated rings. The molecule has 13 heteroatoms. The Morgan fingerprint density at radius 2 is 0.909 bits per heavy atom. The lowest BCUT2D eigenvalue weighted by molar-refractivity contribution is -0.417. The predicted molar refractivity (Wildman–Crippen MR) is 45.9 cm³/mol. The van der Waals surface area contributed by atoms with Crippen molar-refractivity contribution in [2.45, 2.75) is 55.6 Å². The van der Waals surface area contributed by atoms with E-state index in [1.165, 1.54) is 0 Å². The van der Waals surface area contributed by atoms with E-state index >= 15 is 0 Å². The van der Waals surface area contributed by atoms with Gasteiger partial charge in [0.1, 0.15) is 0 Å². The minimum absolute atomic E-state index is 0.443. The van der Waals surface area contributed by atoms with E-state index in [0.29, 0.717) is 6.92 Å². The molecule has 0 amide bonds. The molecule has 0 aromatic carbocycles. The molecular weight excluding hydrogens is 355 g/mol. The molecule has 22 heavy (non-hydrogen) atoms. The molecule has 0 N–H and O–H groups in total. The van der Waals surface area contributed by atoms with Gasteiger partial charge in [-0.25, -0.2) is 13.2 Å². The molecule has 0 aliphatic carbocycles. The van der Waals surface area contributed by atoms with E-state index in [0.717, 1.165) is 0 Å². The standard InChI is InChI=1S/C9H7F13/c1-2-3(10)5(13,14)7(17,18)9(21,22)8(19,20)6(15,16)4(11)12/h3-4H,2H2,1H3. The van der Waals surface area contributed by atoms with Crippen molar-refractivity contribution < 1.29 is 57.1 Å². The molecule has 1 unspecified atom stereocenters. The Morgan fingerprint density at radius 3 is 1.18 bits per heavy atom. The number of hydrogen-bond acceptors (Lipinski definition) is 0.